The second kappa shape index (κ2) is 7.90. The van der Waals surface area contributed by atoms with Crippen LogP contribution >= 0.6 is 0 Å². The van der Waals surface area contributed by atoms with Gasteiger partial charge < -0.3 is 14.5 Å². The topological polar surface area (TPSA) is 64.2 Å². The van der Waals surface area contributed by atoms with E-state index in [1.807, 2.05) is 30.3 Å². The van der Waals surface area contributed by atoms with E-state index in [9.17, 15) is 18.0 Å². The van der Waals surface area contributed by atoms with Crippen LogP contribution < -0.4 is 15.0 Å². The Balaban J connectivity index is 1.44. The normalized spacial score (nSPS) is 11.4. The van der Waals surface area contributed by atoms with Gasteiger partial charge in [0.05, 0.1) is 10.9 Å². The molecule has 0 amide bonds. The van der Waals surface area contributed by atoms with Crippen molar-refractivity contribution in [1.82, 2.24) is 9.97 Å². The van der Waals surface area contributed by atoms with Gasteiger partial charge >= 0.3 is 6.36 Å². The minimum absolute atomic E-state index is 0.207. The Morgan fingerprint density at radius 1 is 0.867 bits per heavy atom. The summed E-state index contributed by atoms with van der Waals surface area (Å²) in [6, 6.07) is 19.6. The van der Waals surface area contributed by atoms with Gasteiger partial charge in [-0.15, -0.1) is 13.2 Å². The molecular formula is C22H15F3N2O3. The van der Waals surface area contributed by atoms with Gasteiger partial charge in [-0.1, -0.05) is 36.4 Å². The molecule has 0 saturated carbocycles. The molecule has 0 aliphatic rings. The molecule has 0 radical (unpaired) electrons. The molecule has 0 bridgehead atoms. The lowest BCUT2D eigenvalue weighted by molar-refractivity contribution is -0.274. The molecule has 0 aliphatic carbocycles. The molecule has 1 heterocycles. The fraction of sp³-hybridized carbons (Fsp3) is 0.0909. The molecule has 4 rings (SSSR count). The molecule has 3 aromatic carbocycles. The zero-order valence-electron chi connectivity index (χ0n) is 15.4. The molecule has 30 heavy (non-hydrogen) atoms. The first-order chi connectivity index (χ1) is 14.4. The summed E-state index contributed by atoms with van der Waals surface area (Å²) in [7, 11) is 0. The number of H-pyrrole nitrogens is 1. The van der Waals surface area contributed by atoms with E-state index in [-0.39, 0.29) is 17.9 Å². The SMILES string of the molecule is O=c1[nH]c(-c2ccc(COc3ccc(OC(F)(F)F)cc3)cc2)nc2ccccc12. The van der Waals surface area contributed by atoms with Crippen molar-refractivity contribution in [3.8, 4) is 22.9 Å². The number of halogens is 3. The third kappa shape index (κ3) is 4.60. The average Bonchev–Trinajstić information content (AvgIpc) is 2.72. The summed E-state index contributed by atoms with van der Waals surface area (Å²) in [4.78, 5) is 19.5. The largest absolute Gasteiger partial charge is 0.573 e. The number of hydrogen-bond donors (Lipinski definition) is 1. The highest BCUT2D eigenvalue weighted by Crippen LogP contribution is 2.25. The van der Waals surface area contributed by atoms with Crippen LogP contribution in [0.15, 0.2) is 77.6 Å². The van der Waals surface area contributed by atoms with Gasteiger partial charge in [0.15, 0.2) is 0 Å². The fourth-order valence-corrected chi connectivity index (χ4v) is 2.89. The van der Waals surface area contributed by atoms with Gasteiger partial charge in [-0.05, 0) is 42.0 Å². The van der Waals surface area contributed by atoms with Gasteiger partial charge in [0, 0.05) is 5.56 Å². The van der Waals surface area contributed by atoms with Crippen LogP contribution in [0.3, 0.4) is 0 Å². The predicted molar refractivity (Wildman–Crippen MR) is 105 cm³/mol. The van der Waals surface area contributed by atoms with Crippen molar-refractivity contribution in [2.75, 3.05) is 0 Å². The molecule has 4 aromatic rings. The Bertz CT molecular complexity index is 1220. The van der Waals surface area contributed by atoms with Gasteiger partial charge in [-0.3, -0.25) is 4.79 Å². The number of hydrogen-bond acceptors (Lipinski definition) is 4. The van der Waals surface area contributed by atoms with Crippen molar-refractivity contribution >= 4 is 10.9 Å². The van der Waals surface area contributed by atoms with Gasteiger partial charge in [0.25, 0.3) is 5.56 Å². The summed E-state index contributed by atoms with van der Waals surface area (Å²) >= 11 is 0. The summed E-state index contributed by atoms with van der Waals surface area (Å²) in [6.45, 7) is 0.224. The number of alkyl halides is 3. The Kier molecular flexibility index (Phi) is 5.14. The maximum absolute atomic E-state index is 12.2. The molecule has 0 saturated heterocycles. The highest BCUT2D eigenvalue weighted by Gasteiger charge is 2.30. The summed E-state index contributed by atoms with van der Waals surface area (Å²) in [5.74, 6) is 0.566. The number of ether oxygens (including phenoxy) is 2. The van der Waals surface area contributed by atoms with Crippen LogP contribution in [0.4, 0.5) is 13.2 Å². The van der Waals surface area contributed by atoms with E-state index in [0.29, 0.717) is 22.5 Å². The molecule has 5 nitrogen and oxygen atoms in total. The summed E-state index contributed by atoms with van der Waals surface area (Å²) < 4.78 is 46.0. The number of fused-ring (bicyclic) bond motifs is 1. The molecule has 0 atom stereocenters. The monoisotopic (exact) mass is 412 g/mol. The van der Waals surface area contributed by atoms with Crippen molar-refractivity contribution in [3.63, 3.8) is 0 Å². The maximum Gasteiger partial charge on any atom is 0.573 e. The number of aromatic nitrogens is 2. The van der Waals surface area contributed by atoms with E-state index in [1.165, 1.54) is 24.3 Å². The number of nitrogens with zero attached hydrogens (tertiary/aromatic N) is 1. The van der Waals surface area contributed by atoms with E-state index in [4.69, 9.17) is 4.74 Å². The number of para-hydroxylation sites is 1. The Morgan fingerprint density at radius 3 is 2.23 bits per heavy atom. The first-order valence-electron chi connectivity index (χ1n) is 8.94. The lowest BCUT2D eigenvalue weighted by atomic mass is 10.1. The highest BCUT2D eigenvalue weighted by molar-refractivity contribution is 5.79. The molecule has 1 aromatic heterocycles. The molecule has 0 aliphatic heterocycles. The van der Waals surface area contributed by atoms with Crippen molar-refractivity contribution in [2.24, 2.45) is 0 Å². The number of nitrogens with one attached hydrogen (secondary N) is 1. The second-order valence-corrected chi connectivity index (χ2v) is 6.44. The number of rotatable bonds is 5. The molecule has 0 fully saturated rings. The standard InChI is InChI=1S/C22H15F3N2O3/c23-22(24,25)30-17-11-9-16(10-12-17)29-13-14-5-7-15(8-6-14)20-26-19-4-2-1-3-18(19)21(28)27-20/h1-12H,13H2,(H,26,27,28). The van der Waals surface area contributed by atoms with E-state index in [0.717, 1.165) is 11.1 Å². The first kappa shape index (κ1) is 19.5. The van der Waals surface area contributed by atoms with Crippen LogP contribution in [-0.4, -0.2) is 16.3 Å². The molecule has 8 heteroatoms. The molecular weight excluding hydrogens is 397 g/mol. The Morgan fingerprint density at radius 2 is 1.53 bits per heavy atom. The Hall–Kier alpha value is -3.81. The average molecular weight is 412 g/mol. The molecule has 0 spiro atoms. The van der Waals surface area contributed by atoms with Gasteiger partial charge in [0.2, 0.25) is 0 Å². The van der Waals surface area contributed by atoms with Crippen molar-refractivity contribution < 1.29 is 22.6 Å². The molecule has 152 valence electrons. The molecule has 1 N–H and O–H groups in total. The van der Waals surface area contributed by atoms with E-state index < -0.39 is 6.36 Å². The smallest absolute Gasteiger partial charge is 0.489 e. The first-order valence-corrected chi connectivity index (χ1v) is 8.94. The van der Waals surface area contributed by atoms with Crippen LogP contribution in [0.1, 0.15) is 5.56 Å². The van der Waals surface area contributed by atoms with Crippen LogP contribution in [-0.2, 0) is 6.61 Å². The lowest BCUT2D eigenvalue weighted by Gasteiger charge is -2.10. The third-order valence-electron chi connectivity index (χ3n) is 4.30. The summed E-state index contributed by atoms with van der Waals surface area (Å²) in [5, 5.41) is 0.526. The number of aromatic amines is 1. The quantitative estimate of drug-likeness (QED) is 0.497. The van der Waals surface area contributed by atoms with Crippen LogP contribution in [0.5, 0.6) is 11.5 Å². The summed E-state index contributed by atoms with van der Waals surface area (Å²) in [6.07, 6.45) is -4.73. The van der Waals surface area contributed by atoms with E-state index >= 15 is 0 Å². The van der Waals surface area contributed by atoms with Gasteiger partial charge in [0.1, 0.15) is 23.9 Å². The van der Waals surface area contributed by atoms with E-state index in [2.05, 4.69) is 14.7 Å². The van der Waals surface area contributed by atoms with Crippen molar-refractivity contribution in [3.05, 3.63) is 88.7 Å². The van der Waals surface area contributed by atoms with Crippen LogP contribution in [0, 0.1) is 0 Å². The van der Waals surface area contributed by atoms with Crippen molar-refractivity contribution in [2.45, 2.75) is 13.0 Å². The zero-order chi connectivity index (χ0) is 21.1. The van der Waals surface area contributed by atoms with E-state index in [1.54, 1.807) is 18.2 Å². The minimum atomic E-state index is -4.73. The lowest BCUT2D eigenvalue weighted by Crippen LogP contribution is -2.16. The van der Waals surface area contributed by atoms with Crippen LogP contribution in [0.2, 0.25) is 0 Å². The fourth-order valence-electron chi connectivity index (χ4n) is 2.89. The van der Waals surface area contributed by atoms with Crippen molar-refractivity contribution in [1.29, 1.82) is 0 Å². The number of benzene rings is 3. The molecule has 0 unspecified atom stereocenters. The van der Waals surface area contributed by atoms with Gasteiger partial charge in [-0.25, -0.2) is 4.98 Å². The van der Waals surface area contributed by atoms with Crippen LogP contribution in [0.25, 0.3) is 22.3 Å². The minimum Gasteiger partial charge on any atom is -0.489 e. The zero-order valence-corrected chi connectivity index (χ0v) is 15.4. The Labute approximate surface area is 168 Å². The predicted octanol–water partition coefficient (Wildman–Crippen LogP) is 5.07. The second-order valence-electron chi connectivity index (χ2n) is 6.44. The van der Waals surface area contributed by atoms with Gasteiger partial charge in [-0.2, -0.15) is 0 Å². The highest BCUT2D eigenvalue weighted by atomic mass is 19.4. The summed E-state index contributed by atoms with van der Waals surface area (Å²) in [5.41, 5.74) is 2.00. The third-order valence-corrected chi connectivity index (χ3v) is 4.30. The maximum atomic E-state index is 12.2.